The fourth-order valence-electron chi connectivity index (χ4n) is 1.63. The lowest BCUT2D eigenvalue weighted by molar-refractivity contribution is -0.130. The van der Waals surface area contributed by atoms with Gasteiger partial charge in [0, 0.05) is 6.04 Å². The third-order valence-electron chi connectivity index (χ3n) is 2.56. The Kier molecular flexibility index (Phi) is 7.59. The number of rotatable bonds is 7. The summed E-state index contributed by atoms with van der Waals surface area (Å²) in [7, 11) is 0. The third-order valence-corrected chi connectivity index (χ3v) is 2.56. The Morgan fingerprint density at radius 3 is 1.89 bits per heavy atom. The summed E-state index contributed by atoms with van der Waals surface area (Å²) in [5, 5.41) is 8.63. The van der Waals surface area contributed by atoms with Gasteiger partial charge in [-0.2, -0.15) is 0 Å². The molecule has 3 N–H and O–H groups in total. The van der Waals surface area contributed by atoms with Crippen LogP contribution in [0.5, 0.6) is 0 Å². The van der Waals surface area contributed by atoms with Crippen molar-refractivity contribution in [1.82, 2.24) is 16.0 Å². The third kappa shape index (κ3) is 6.00. The maximum atomic E-state index is 12.0. The quantitative estimate of drug-likeness (QED) is 0.627. The summed E-state index contributed by atoms with van der Waals surface area (Å²) in [6.07, 6.45) is 0. The molecule has 18 heavy (non-hydrogen) atoms. The van der Waals surface area contributed by atoms with Crippen LogP contribution in [0.2, 0.25) is 0 Å². The van der Waals surface area contributed by atoms with Crippen molar-refractivity contribution in [1.29, 1.82) is 0 Å². The van der Waals surface area contributed by atoms with Crippen LogP contribution in [-0.2, 0) is 9.59 Å². The van der Waals surface area contributed by atoms with Crippen LogP contribution in [0.4, 0.5) is 0 Å². The normalized spacial score (nSPS) is 14.4. The van der Waals surface area contributed by atoms with E-state index in [1.54, 1.807) is 6.92 Å². The van der Waals surface area contributed by atoms with Crippen LogP contribution >= 0.6 is 0 Å². The summed E-state index contributed by atoms with van der Waals surface area (Å²) in [4.78, 5) is 23.7. The second-order valence-corrected chi connectivity index (χ2v) is 5.17. The van der Waals surface area contributed by atoms with E-state index in [4.69, 9.17) is 0 Å². The van der Waals surface area contributed by atoms with Gasteiger partial charge < -0.3 is 16.0 Å². The van der Waals surface area contributed by atoms with E-state index in [1.165, 1.54) is 0 Å². The average molecular weight is 257 g/mol. The Morgan fingerprint density at radius 1 is 0.944 bits per heavy atom. The van der Waals surface area contributed by atoms with Crippen LogP contribution in [0.3, 0.4) is 0 Å². The number of nitrogens with one attached hydrogen (secondary N) is 3. The Hall–Kier alpha value is -1.10. The maximum absolute atomic E-state index is 12.0. The molecule has 0 spiro atoms. The van der Waals surface area contributed by atoms with Gasteiger partial charge in [0.15, 0.2) is 0 Å². The van der Waals surface area contributed by atoms with Crippen LogP contribution in [0, 0.1) is 5.92 Å². The molecule has 0 fully saturated rings. The fraction of sp³-hybridized carbons (Fsp3) is 0.846. The molecule has 5 heteroatoms. The summed E-state index contributed by atoms with van der Waals surface area (Å²) < 4.78 is 0. The van der Waals surface area contributed by atoms with E-state index < -0.39 is 6.04 Å². The Balaban J connectivity index is 4.39. The molecule has 0 aliphatic carbocycles. The molecule has 0 saturated carbocycles. The van der Waals surface area contributed by atoms with Gasteiger partial charge in [-0.15, -0.1) is 0 Å². The van der Waals surface area contributed by atoms with Crippen LogP contribution in [0.1, 0.15) is 41.5 Å². The summed E-state index contributed by atoms with van der Waals surface area (Å²) >= 11 is 0. The minimum absolute atomic E-state index is 0.0755. The van der Waals surface area contributed by atoms with Crippen molar-refractivity contribution in [2.24, 2.45) is 5.92 Å². The molecule has 0 aliphatic rings. The molecule has 0 unspecified atom stereocenters. The topological polar surface area (TPSA) is 70.2 Å². The zero-order chi connectivity index (χ0) is 14.3. The highest BCUT2D eigenvalue weighted by Crippen LogP contribution is 2.02. The second-order valence-electron chi connectivity index (χ2n) is 5.17. The lowest BCUT2D eigenvalue weighted by atomic mass is 10.0. The lowest BCUT2D eigenvalue weighted by Crippen LogP contribution is -2.53. The highest BCUT2D eigenvalue weighted by Gasteiger charge is 2.24. The molecular formula is C13H27N3O2. The van der Waals surface area contributed by atoms with Gasteiger partial charge in [-0.1, -0.05) is 20.8 Å². The monoisotopic (exact) mass is 257 g/mol. The first-order valence-corrected chi connectivity index (χ1v) is 6.63. The van der Waals surface area contributed by atoms with Crippen molar-refractivity contribution < 1.29 is 9.59 Å². The van der Waals surface area contributed by atoms with Gasteiger partial charge in [0.2, 0.25) is 11.8 Å². The minimum Gasteiger partial charge on any atom is -0.352 e. The first-order valence-electron chi connectivity index (χ1n) is 6.63. The average Bonchev–Trinajstić information content (AvgIpc) is 2.23. The van der Waals surface area contributed by atoms with Gasteiger partial charge in [0.25, 0.3) is 0 Å². The van der Waals surface area contributed by atoms with Crippen molar-refractivity contribution in [2.45, 2.75) is 59.7 Å². The number of likely N-dealkylation sites (N-methyl/N-ethyl adjacent to an activating group) is 1. The highest BCUT2D eigenvalue weighted by molar-refractivity contribution is 5.89. The molecule has 0 heterocycles. The van der Waals surface area contributed by atoms with E-state index >= 15 is 0 Å². The fourth-order valence-corrected chi connectivity index (χ4v) is 1.63. The van der Waals surface area contributed by atoms with Crippen LogP contribution < -0.4 is 16.0 Å². The highest BCUT2D eigenvalue weighted by atomic mass is 16.2. The SMILES string of the molecule is CCN[C@H](C(=O)N[C@@H](C)C(=O)NC(C)C)C(C)C. The predicted octanol–water partition coefficient (Wildman–Crippen LogP) is 0.650. The molecule has 0 aliphatic heterocycles. The zero-order valence-corrected chi connectivity index (χ0v) is 12.3. The van der Waals surface area contributed by atoms with E-state index in [1.807, 2.05) is 34.6 Å². The number of carbonyl (C=O) groups excluding carboxylic acids is 2. The molecule has 0 aromatic rings. The predicted molar refractivity (Wildman–Crippen MR) is 73.2 cm³/mol. The van der Waals surface area contributed by atoms with Crippen molar-refractivity contribution in [3.05, 3.63) is 0 Å². The first kappa shape index (κ1) is 16.9. The van der Waals surface area contributed by atoms with E-state index in [0.29, 0.717) is 0 Å². The molecular weight excluding hydrogens is 230 g/mol. The molecule has 0 saturated heterocycles. The number of amides is 2. The molecule has 2 atom stereocenters. The maximum Gasteiger partial charge on any atom is 0.242 e. The molecule has 0 radical (unpaired) electrons. The van der Waals surface area contributed by atoms with Gasteiger partial charge in [0.1, 0.15) is 6.04 Å². The van der Waals surface area contributed by atoms with Crippen molar-refractivity contribution in [3.8, 4) is 0 Å². The summed E-state index contributed by atoms with van der Waals surface area (Å²) in [6.45, 7) is 12.1. The Morgan fingerprint density at radius 2 is 1.50 bits per heavy atom. The van der Waals surface area contributed by atoms with E-state index in [2.05, 4.69) is 16.0 Å². The summed E-state index contributed by atoms with van der Waals surface area (Å²) in [5.41, 5.74) is 0. The lowest BCUT2D eigenvalue weighted by Gasteiger charge is -2.23. The number of hydrogen-bond donors (Lipinski definition) is 3. The van der Waals surface area contributed by atoms with Crippen LogP contribution in [0.25, 0.3) is 0 Å². The van der Waals surface area contributed by atoms with Gasteiger partial charge in [-0.25, -0.2) is 0 Å². The van der Waals surface area contributed by atoms with Crippen LogP contribution in [0.15, 0.2) is 0 Å². The summed E-state index contributed by atoms with van der Waals surface area (Å²) in [5.74, 6) is -0.0964. The van der Waals surface area contributed by atoms with Gasteiger partial charge in [-0.3, -0.25) is 9.59 Å². The molecule has 0 bridgehead atoms. The molecule has 106 valence electrons. The van der Waals surface area contributed by atoms with Gasteiger partial charge >= 0.3 is 0 Å². The summed E-state index contributed by atoms with van der Waals surface area (Å²) in [6, 6.07) is -0.698. The van der Waals surface area contributed by atoms with E-state index in [0.717, 1.165) is 6.54 Å². The van der Waals surface area contributed by atoms with Crippen LogP contribution in [-0.4, -0.2) is 36.5 Å². The molecule has 2 amide bonds. The number of carbonyl (C=O) groups is 2. The Bertz CT molecular complexity index is 277. The second kappa shape index (κ2) is 8.08. The largest absolute Gasteiger partial charge is 0.352 e. The smallest absolute Gasteiger partial charge is 0.242 e. The minimum atomic E-state index is -0.514. The standard InChI is InChI=1S/C13H27N3O2/c1-7-14-11(8(2)3)13(18)16-10(6)12(17)15-9(4)5/h8-11,14H,7H2,1-6H3,(H,15,17)(H,16,18)/t10-,11-/m0/s1. The number of hydrogen-bond acceptors (Lipinski definition) is 3. The van der Waals surface area contributed by atoms with Crippen molar-refractivity contribution >= 4 is 11.8 Å². The molecule has 0 aromatic carbocycles. The van der Waals surface area contributed by atoms with E-state index in [9.17, 15) is 9.59 Å². The zero-order valence-electron chi connectivity index (χ0n) is 12.3. The van der Waals surface area contributed by atoms with Gasteiger partial charge in [0.05, 0.1) is 6.04 Å². The van der Waals surface area contributed by atoms with E-state index in [-0.39, 0.29) is 29.8 Å². The van der Waals surface area contributed by atoms with Crippen molar-refractivity contribution in [3.63, 3.8) is 0 Å². The first-order chi connectivity index (χ1) is 8.29. The molecule has 0 aromatic heterocycles. The molecule has 5 nitrogen and oxygen atoms in total. The Labute approximate surface area is 110 Å². The van der Waals surface area contributed by atoms with Gasteiger partial charge in [-0.05, 0) is 33.2 Å². The molecule has 0 rings (SSSR count). The van der Waals surface area contributed by atoms with Crippen molar-refractivity contribution in [2.75, 3.05) is 6.54 Å².